The Morgan fingerprint density at radius 3 is 2.93 bits per heavy atom. The van der Waals surface area contributed by atoms with Gasteiger partial charge in [-0.3, -0.25) is 9.89 Å². The Kier molecular flexibility index (Phi) is 5.61. The van der Waals surface area contributed by atoms with E-state index in [2.05, 4.69) is 31.5 Å². The first-order valence-electron chi connectivity index (χ1n) is 9.78. The summed E-state index contributed by atoms with van der Waals surface area (Å²) in [6.07, 6.45) is 5.25. The van der Waals surface area contributed by atoms with Gasteiger partial charge in [-0.15, -0.1) is 0 Å². The molecule has 0 radical (unpaired) electrons. The average molecular weight is 402 g/mol. The van der Waals surface area contributed by atoms with Gasteiger partial charge in [0, 0.05) is 30.8 Å². The lowest BCUT2D eigenvalue weighted by Crippen LogP contribution is -2.35. The van der Waals surface area contributed by atoms with Crippen molar-refractivity contribution in [2.45, 2.75) is 18.8 Å². The highest BCUT2D eigenvalue weighted by Gasteiger charge is 2.27. The molecule has 2 aromatic heterocycles. The van der Waals surface area contributed by atoms with E-state index in [1.807, 2.05) is 0 Å². The molecule has 0 unspecified atom stereocenters. The van der Waals surface area contributed by atoms with Crippen LogP contribution in [0.3, 0.4) is 0 Å². The first-order valence-corrected chi connectivity index (χ1v) is 9.78. The Labute approximate surface area is 174 Å². The molecular formula is C22H22N6O2. The van der Waals surface area contributed by atoms with Crippen molar-refractivity contribution in [3.05, 3.63) is 65.6 Å². The lowest BCUT2D eigenvalue weighted by Gasteiger charge is -2.33. The molecule has 1 aliphatic rings. The van der Waals surface area contributed by atoms with E-state index in [1.165, 1.54) is 0 Å². The molecule has 2 N–H and O–H groups in total. The number of nitriles is 1. The number of methoxy groups -OCH3 is 1. The van der Waals surface area contributed by atoms with Crippen LogP contribution in [-0.2, 0) is 0 Å². The molecule has 3 heterocycles. The maximum Gasteiger partial charge on any atom is 0.255 e. The third-order valence-corrected chi connectivity index (χ3v) is 5.31. The largest absolute Gasteiger partial charge is 0.497 e. The molecule has 8 nitrogen and oxygen atoms in total. The number of nitrogens with one attached hydrogen (secondary N) is 2. The smallest absolute Gasteiger partial charge is 0.255 e. The fraction of sp³-hybridized carbons (Fsp3) is 0.273. The molecule has 1 saturated heterocycles. The molecule has 0 saturated carbocycles. The number of nitrogens with zero attached hydrogens (tertiary/aromatic N) is 4. The molecule has 8 heteroatoms. The Bertz CT molecular complexity index is 1070. The fourth-order valence-electron chi connectivity index (χ4n) is 3.79. The van der Waals surface area contributed by atoms with Gasteiger partial charge >= 0.3 is 0 Å². The zero-order valence-electron chi connectivity index (χ0n) is 16.6. The number of carbonyl (C=O) groups excluding carboxylic acids is 1. The summed E-state index contributed by atoms with van der Waals surface area (Å²) in [6, 6.07) is 12.7. The minimum atomic E-state index is -0.204. The number of hydrogen-bond acceptors (Lipinski definition) is 6. The number of rotatable bonds is 5. The van der Waals surface area contributed by atoms with Crippen molar-refractivity contribution in [3.63, 3.8) is 0 Å². The third kappa shape index (κ3) is 3.96. The van der Waals surface area contributed by atoms with Crippen molar-refractivity contribution in [1.29, 1.82) is 5.26 Å². The van der Waals surface area contributed by atoms with Gasteiger partial charge in [0.15, 0.2) is 0 Å². The summed E-state index contributed by atoms with van der Waals surface area (Å²) in [7, 11) is 1.59. The molecule has 1 amide bonds. The number of aromatic nitrogens is 3. The molecule has 0 spiro atoms. The van der Waals surface area contributed by atoms with Crippen LogP contribution in [0.15, 0.2) is 48.8 Å². The van der Waals surface area contributed by atoms with E-state index in [0.717, 1.165) is 25.1 Å². The van der Waals surface area contributed by atoms with Gasteiger partial charge in [-0.2, -0.15) is 10.4 Å². The van der Waals surface area contributed by atoms with Gasteiger partial charge in [0.1, 0.15) is 17.6 Å². The van der Waals surface area contributed by atoms with Crippen LogP contribution in [0.25, 0.3) is 0 Å². The van der Waals surface area contributed by atoms with Gasteiger partial charge in [0.2, 0.25) is 0 Å². The first kappa shape index (κ1) is 19.5. The normalized spacial score (nSPS) is 16.0. The number of pyridine rings is 1. The van der Waals surface area contributed by atoms with E-state index in [-0.39, 0.29) is 11.8 Å². The number of H-pyrrole nitrogens is 1. The molecule has 4 rings (SSSR count). The summed E-state index contributed by atoms with van der Waals surface area (Å²) in [5.41, 5.74) is 2.66. The Balaban J connectivity index is 1.51. The van der Waals surface area contributed by atoms with Crippen LogP contribution in [0.5, 0.6) is 5.75 Å². The maximum atomic E-state index is 12.7. The minimum absolute atomic E-state index is 0.140. The van der Waals surface area contributed by atoms with Gasteiger partial charge in [-0.05, 0) is 49.2 Å². The highest BCUT2D eigenvalue weighted by atomic mass is 16.5. The number of ether oxygens (including phenoxy) is 1. The second-order valence-electron chi connectivity index (χ2n) is 7.15. The van der Waals surface area contributed by atoms with Crippen LogP contribution in [0.2, 0.25) is 0 Å². The Morgan fingerprint density at radius 2 is 2.17 bits per heavy atom. The molecule has 1 atom stereocenters. The van der Waals surface area contributed by atoms with Crippen molar-refractivity contribution < 1.29 is 9.53 Å². The van der Waals surface area contributed by atoms with Crippen LogP contribution < -0.4 is 15.0 Å². The molecule has 152 valence electrons. The van der Waals surface area contributed by atoms with Crippen LogP contribution in [-0.4, -0.2) is 41.3 Å². The quantitative estimate of drug-likeness (QED) is 0.678. The summed E-state index contributed by atoms with van der Waals surface area (Å²) in [4.78, 5) is 19.2. The number of piperidine rings is 1. The molecular weight excluding hydrogens is 380 g/mol. The van der Waals surface area contributed by atoms with Crippen molar-refractivity contribution in [1.82, 2.24) is 15.2 Å². The molecule has 1 aromatic carbocycles. The summed E-state index contributed by atoms with van der Waals surface area (Å²) >= 11 is 0. The van der Waals surface area contributed by atoms with Crippen molar-refractivity contribution >= 4 is 17.4 Å². The third-order valence-electron chi connectivity index (χ3n) is 5.31. The van der Waals surface area contributed by atoms with E-state index < -0.39 is 0 Å². The minimum Gasteiger partial charge on any atom is -0.497 e. The Morgan fingerprint density at radius 1 is 1.33 bits per heavy atom. The lowest BCUT2D eigenvalue weighted by molar-refractivity contribution is 0.102. The predicted molar refractivity (Wildman–Crippen MR) is 113 cm³/mol. The molecule has 30 heavy (non-hydrogen) atoms. The monoisotopic (exact) mass is 402 g/mol. The van der Waals surface area contributed by atoms with Crippen molar-refractivity contribution in [2.75, 3.05) is 30.4 Å². The lowest BCUT2D eigenvalue weighted by atomic mass is 9.93. The standard InChI is InChI=1S/C22H22N6O2/c1-30-18-8-6-15(7-9-18)22(29)26-19-13-25-27-20(19)17-5-3-11-28(14-17)21-16(12-23)4-2-10-24-21/h2,4,6-10,13,17H,3,5,11,14H2,1H3,(H,25,27)(H,26,29)/t17-/m0/s1. The fourth-order valence-corrected chi connectivity index (χ4v) is 3.79. The zero-order valence-corrected chi connectivity index (χ0v) is 16.6. The topological polar surface area (TPSA) is 107 Å². The summed E-state index contributed by atoms with van der Waals surface area (Å²) in [5.74, 6) is 1.34. The van der Waals surface area contributed by atoms with E-state index in [0.29, 0.717) is 34.9 Å². The predicted octanol–water partition coefficient (Wildman–Crippen LogP) is 3.32. The van der Waals surface area contributed by atoms with E-state index in [4.69, 9.17) is 4.74 Å². The van der Waals surface area contributed by atoms with E-state index in [9.17, 15) is 10.1 Å². The van der Waals surface area contributed by atoms with Gasteiger partial charge in [-0.1, -0.05) is 0 Å². The summed E-state index contributed by atoms with van der Waals surface area (Å²) in [5, 5.41) is 19.6. The molecule has 0 aliphatic carbocycles. The SMILES string of the molecule is COc1ccc(C(=O)Nc2cn[nH]c2[C@H]2CCCN(c3ncccc3C#N)C2)cc1. The molecule has 1 aliphatic heterocycles. The number of benzene rings is 1. The van der Waals surface area contributed by atoms with Gasteiger partial charge < -0.3 is 15.0 Å². The van der Waals surface area contributed by atoms with E-state index >= 15 is 0 Å². The average Bonchev–Trinajstić information content (AvgIpc) is 3.27. The van der Waals surface area contributed by atoms with Crippen LogP contribution >= 0.6 is 0 Å². The molecule has 0 bridgehead atoms. The molecule has 1 fully saturated rings. The first-order chi connectivity index (χ1) is 14.7. The van der Waals surface area contributed by atoms with Crippen LogP contribution in [0, 0.1) is 11.3 Å². The number of carbonyl (C=O) groups is 1. The highest BCUT2D eigenvalue weighted by molar-refractivity contribution is 6.04. The maximum absolute atomic E-state index is 12.7. The van der Waals surface area contributed by atoms with Gasteiger partial charge in [0.05, 0.1) is 30.3 Å². The van der Waals surface area contributed by atoms with Crippen molar-refractivity contribution in [3.8, 4) is 11.8 Å². The highest BCUT2D eigenvalue weighted by Crippen LogP contribution is 2.33. The van der Waals surface area contributed by atoms with Crippen molar-refractivity contribution in [2.24, 2.45) is 0 Å². The number of amides is 1. The molecule has 3 aromatic rings. The second kappa shape index (κ2) is 8.66. The summed E-state index contributed by atoms with van der Waals surface area (Å²) < 4.78 is 5.14. The van der Waals surface area contributed by atoms with Gasteiger partial charge in [-0.25, -0.2) is 4.98 Å². The van der Waals surface area contributed by atoms with Crippen LogP contribution in [0.4, 0.5) is 11.5 Å². The zero-order chi connectivity index (χ0) is 20.9. The summed E-state index contributed by atoms with van der Waals surface area (Å²) in [6.45, 7) is 1.53. The van der Waals surface area contributed by atoms with Crippen LogP contribution in [0.1, 0.15) is 40.4 Å². The number of hydrogen-bond donors (Lipinski definition) is 2. The second-order valence-corrected chi connectivity index (χ2v) is 7.15. The number of anilines is 2. The van der Waals surface area contributed by atoms with Gasteiger partial charge in [0.25, 0.3) is 5.91 Å². The van der Waals surface area contributed by atoms with E-state index in [1.54, 1.807) is 55.9 Å². The number of aromatic amines is 1. The Hall–Kier alpha value is -3.86.